The summed E-state index contributed by atoms with van der Waals surface area (Å²) in [7, 11) is 0. The van der Waals surface area contributed by atoms with Crippen LogP contribution in [0.4, 0.5) is 0 Å². The fourth-order valence-corrected chi connectivity index (χ4v) is 5.17. The van der Waals surface area contributed by atoms with Crippen LogP contribution in [0.3, 0.4) is 0 Å². The van der Waals surface area contributed by atoms with Crippen molar-refractivity contribution < 1.29 is 14.6 Å². The Balaban J connectivity index is 1.48. The van der Waals surface area contributed by atoms with Gasteiger partial charge >= 0.3 is 0 Å². The standard InChI is InChI=1S/C17H24N2O3S/c20-15-10-19(9-14(15)18-5-7-22-8-6-18)17(21)13-11-23-16-4-2-1-3-12(13)16/h11,14-15,20H,1-10H2/t14-,15-/m1/s1. The van der Waals surface area contributed by atoms with Gasteiger partial charge in [0.2, 0.25) is 0 Å². The summed E-state index contributed by atoms with van der Waals surface area (Å²) < 4.78 is 5.39. The van der Waals surface area contributed by atoms with Crippen LogP contribution >= 0.6 is 11.3 Å². The molecule has 0 saturated carbocycles. The number of aryl methyl sites for hydroxylation is 1. The number of ether oxygens (including phenoxy) is 1. The molecule has 1 amide bonds. The van der Waals surface area contributed by atoms with E-state index in [4.69, 9.17) is 4.74 Å². The first-order valence-corrected chi connectivity index (χ1v) is 9.50. The van der Waals surface area contributed by atoms with Crippen molar-refractivity contribution in [1.29, 1.82) is 0 Å². The highest BCUT2D eigenvalue weighted by molar-refractivity contribution is 7.10. The van der Waals surface area contributed by atoms with Crippen LogP contribution in [0.2, 0.25) is 0 Å². The van der Waals surface area contributed by atoms with Crippen molar-refractivity contribution in [2.75, 3.05) is 39.4 Å². The van der Waals surface area contributed by atoms with Crippen LogP contribution in [-0.2, 0) is 17.6 Å². The van der Waals surface area contributed by atoms with Crippen molar-refractivity contribution in [2.45, 2.75) is 37.8 Å². The second-order valence-corrected chi connectivity index (χ2v) is 7.72. The molecule has 5 nitrogen and oxygen atoms in total. The van der Waals surface area contributed by atoms with Gasteiger partial charge < -0.3 is 14.7 Å². The Kier molecular flexibility index (Phi) is 4.41. The number of thiophene rings is 1. The van der Waals surface area contributed by atoms with E-state index in [0.717, 1.165) is 44.7 Å². The Morgan fingerprint density at radius 1 is 1.22 bits per heavy atom. The van der Waals surface area contributed by atoms with E-state index >= 15 is 0 Å². The summed E-state index contributed by atoms with van der Waals surface area (Å²) in [6.07, 6.45) is 4.12. The lowest BCUT2D eigenvalue weighted by Gasteiger charge is -2.33. The number of amides is 1. The number of rotatable bonds is 2. The van der Waals surface area contributed by atoms with Crippen LogP contribution in [0.25, 0.3) is 0 Å². The second kappa shape index (κ2) is 6.51. The lowest BCUT2D eigenvalue weighted by Crippen LogP contribution is -2.49. The SMILES string of the molecule is O=C(c1csc2c1CCCC2)N1C[C@@H](O)[C@H](N2CCOCC2)C1. The molecule has 2 saturated heterocycles. The smallest absolute Gasteiger partial charge is 0.255 e. The molecule has 0 unspecified atom stereocenters. The monoisotopic (exact) mass is 336 g/mol. The van der Waals surface area contributed by atoms with Gasteiger partial charge in [0, 0.05) is 36.4 Å². The molecule has 2 aliphatic heterocycles. The minimum Gasteiger partial charge on any atom is -0.390 e. The predicted molar refractivity (Wildman–Crippen MR) is 89.1 cm³/mol. The highest BCUT2D eigenvalue weighted by atomic mass is 32.1. The van der Waals surface area contributed by atoms with Crippen LogP contribution in [0, 0.1) is 0 Å². The van der Waals surface area contributed by atoms with Crippen LogP contribution in [0.1, 0.15) is 33.6 Å². The van der Waals surface area contributed by atoms with Gasteiger partial charge in [0.05, 0.1) is 30.9 Å². The number of nitrogens with zero attached hydrogens (tertiary/aromatic N) is 2. The van der Waals surface area contributed by atoms with E-state index in [0.29, 0.717) is 13.1 Å². The predicted octanol–water partition coefficient (Wildman–Crippen LogP) is 1.14. The molecule has 0 bridgehead atoms. The number of carbonyl (C=O) groups excluding carboxylic acids is 1. The molecule has 1 aliphatic carbocycles. The number of likely N-dealkylation sites (tertiary alicyclic amines) is 1. The lowest BCUT2D eigenvalue weighted by atomic mass is 9.95. The van der Waals surface area contributed by atoms with Crippen molar-refractivity contribution in [2.24, 2.45) is 0 Å². The number of morpholine rings is 1. The van der Waals surface area contributed by atoms with Crippen LogP contribution in [0.5, 0.6) is 0 Å². The molecule has 1 aromatic rings. The zero-order valence-electron chi connectivity index (χ0n) is 13.4. The molecule has 0 radical (unpaired) electrons. The van der Waals surface area contributed by atoms with E-state index in [2.05, 4.69) is 4.90 Å². The minimum atomic E-state index is -0.452. The Morgan fingerprint density at radius 3 is 2.83 bits per heavy atom. The third-order valence-corrected chi connectivity index (χ3v) is 6.44. The van der Waals surface area contributed by atoms with Crippen molar-refractivity contribution in [1.82, 2.24) is 9.80 Å². The highest BCUT2D eigenvalue weighted by Crippen LogP contribution is 2.32. The van der Waals surface area contributed by atoms with Gasteiger partial charge in [-0.1, -0.05) is 0 Å². The molecule has 1 N–H and O–H groups in total. The maximum atomic E-state index is 12.9. The quantitative estimate of drug-likeness (QED) is 0.880. The summed E-state index contributed by atoms with van der Waals surface area (Å²) in [5.41, 5.74) is 2.16. The average molecular weight is 336 g/mol. The Labute approximate surface area is 140 Å². The van der Waals surface area contributed by atoms with Gasteiger partial charge in [-0.3, -0.25) is 9.69 Å². The van der Waals surface area contributed by atoms with Gasteiger partial charge in [-0.05, 0) is 31.2 Å². The van der Waals surface area contributed by atoms with E-state index in [-0.39, 0.29) is 11.9 Å². The Bertz CT molecular complexity index is 582. The van der Waals surface area contributed by atoms with E-state index in [1.807, 2.05) is 10.3 Å². The third-order valence-electron chi connectivity index (χ3n) is 5.35. The summed E-state index contributed by atoms with van der Waals surface area (Å²) >= 11 is 1.73. The van der Waals surface area contributed by atoms with Crippen molar-refractivity contribution in [3.05, 3.63) is 21.4 Å². The molecule has 2 fully saturated rings. The zero-order valence-corrected chi connectivity index (χ0v) is 14.2. The first-order valence-electron chi connectivity index (χ1n) is 8.62. The molecule has 2 atom stereocenters. The third kappa shape index (κ3) is 2.93. The fraction of sp³-hybridized carbons (Fsp3) is 0.706. The largest absolute Gasteiger partial charge is 0.390 e. The number of hydrogen-bond donors (Lipinski definition) is 1. The molecule has 4 rings (SSSR count). The van der Waals surface area contributed by atoms with Crippen molar-refractivity contribution in [3.8, 4) is 0 Å². The van der Waals surface area contributed by atoms with Crippen LogP contribution in [-0.4, -0.2) is 72.4 Å². The average Bonchev–Trinajstić information content (AvgIpc) is 3.19. The highest BCUT2D eigenvalue weighted by Gasteiger charge is 2.39. The van der Waals surface area contributed by atoms with Gasteiger partial charge in [0.1, 0.15) is 0 Å². The van der Waals surface area contributed by atoms with Gasteiger partial charge in [0.15, 0.2) is 0 Å². The van der Waals surface area contributed by atoms with Gasteiger partial charge in [-0.25, -0.2) is 0 Å². The fourth-order valence-electron chi connectivity index (χ4n) is 4.05. The number of hydrogen-bond acceptors (Lipinski definition) is 5. The van der Waals surface area contributed by atoms with Gasteiger partial charge in [0.25, 0.3) is 5.91 Å². The normalized spacial score (nSPS) is 28.8. The summed E-state index contributed by atoms with van der Waals surface area (Å²) in [6, 6.07) is 0.0531. The molecule has 126 valence electrons. The molecule has 6 heteroatoms. The summed E-state index contributed by atoms with van der Waals surface area (Å²) in [5, 5.41) is 12.5. The number of β-amino-alcohol motifs (C(OH)–C–C–N with tert-alkyl or cyclic N) is 1. The molecule has 0 spiro atoms. The maximum absolute atomic E-state index is 12.9. The molecular weight excluding hydrogens is 312 g/mol. The topological polar surface area (TPSA) is 53.0 Å². The van der Waals surface area contributed by atoms with E-state index in [1.54, 1.807) is 11.3 Å². The van der Waals surface area contributed by atoms with Crippen LogP contribution in [0.15, 0.2) is 5.38 Å². The molecule has 0 aromatic carbocycles. The number of aliphatic hydroxyl groups is 1. The zero-order chi connectivity index (χ0) is 15.8. The van der Waals surface area contributed by atoms with Crippen molar-refractivity contribution >= 4 is 17.2 Å². The minimum absolute atomic E-state index is 0.0531. The van der Waals surface area contributed by atoms with E-state index in [9.17, 15) is 9.90 Å². The number of aliphatic hydroxyl groups excluding tert-OH is 1. The molecule has 1 aromatic heterocycles. The van der Waals surface area contributed by atoms with E-state index in [1.165, 1.54) is 23.3 Å². The summed E-state index contributed by atoms with van der Waals surface area (Å²) in [4.78, 5) is 18.4. The van der Waals surface area contributed by atoms with Crippen LogP contribution < -0.4 is 0 Å². The van der Waals surface area contributed by atoms with E-state index < -0.39 is 6.10 Å². The first-order chi connectivity index (χ1) is 11.2. The number of fused-ring (bicyclic) bond motifs is 1. The summed E-state index contributed by atoms with van der Waals surface area (Å²) in [5.74, 6) is 0.110. The maximum Gasteiger partial charge on any atom is 0.255 e. The number of carbonyl (C=O) groups is 1. The lowest BCUT2D eigenvalue weighted by molar-refractivity contribution is -0.00611. The molecular formula is C17H24N2O3S. The molecule has 23 heavy (non-hydrogen) atoms. The van der Waals surface area contributed by atoms with Gasteiger partial charge in [-0.2, -0.15) is 0 Å². The Morgan fingerprint density at radius 2 is 2.00 bits per heavy atom. The van der Waals surface area contributed by atoms with Crippen molar-refractivity contribution in [3.63, 3.8) is 0 Å². The summed E-state index contributed by atoms with van der Waals surface area (Å²) in [6.45, 7) is 4.20. The molecule has 3 heterocycles. The molecule has 3 aliphatic rings. The first kappa shape index (κ1) is 15.6. The van der Waals surface area contributed by atoms with Gasteiger partial charge in [-0.15, -0.1) is 11.3 Å². The Hall–Kier alpha value is -0.950. The second-order valence-electron chi connectivity index (χ2n) is 6.75.